The van der Waals surface area contributed by atoms with Gasteiger partial charge >= 0.3 is 0 Å². The number of carbonyl (C=O) groups is 1. The first-order chi connectivity index (χ1) is 9.60. The fourth-order valence-corrected chi connectivity index (χ4v) is 2.16. The summed E-state index contributed by atoms with van der Waals surface area (Å²) in [6.07, 6.45) is 2.52. The minimum absolute atomic E-state index is 0.206. The monoisotopic (exact) mass is 288 g/mol. The van der Waals surface area contributed by atoms with Crippen LogP contribution in [-0.2, 0) is 13.0 Å². The third-order valence-corrected chi connectivity index (χ3v) is 3.43. The standard InChI is InChI=1S/C16H17ClN2O/c1-3-12-4-6-13(7-5-12)9-19-16(20)14-10-18-11(2)8-15(14)17/h4-8,10H,3,9H2,1-2H3,(H,19,20). The van der Waals surface area contributed by atoms with Crippen LogP contribution in [0, 0.1) is 6.92 Å². The molecule has 0 atom stereocenters. The van der Waals surface area contributed by atoms with Crippen molar-refractivity contribution in [2.24, 2.45) is 0 Å². The van der Waals surface area contributed by atoms with Gasteiger partial charge in [0.05, 0.1) is 10.6 Å². The second kappa shape index (κ2) is 6.53. The summed E-state index contributed by atoms with van der Waals surface area (Å²) in [7, 11) is 0. The van der Waals surface area contributed by atoms with E-state index in [1.165, 1.54) is 11.8 Å². The van der Waals surface area contributed by atoms with Gasteiger partial charge in [-0.25, -0.2) is 0 Å². The molecule has 1 heterocycles. The zero-order chi connectivity index (χ0) is 14.5. The molecule has 0 aliphatic rings. The van der Waals surface area contributed by atoms with Gasteiger partial charge in [0.2, 0.25) is 0 Å². The smallest absolute Gasteiger partial charge is 0.254 e. The van der Waals surface area contributed by atoms with Crippen molar-refractivity contribution in [2.45, 2.75) is 26.8 Å². The number of pyridine rings is 1. The van der Waals surface area contributed by atoms with Crippen LogP contribution in [0.4, 0.5) is 0 Å². The van der Waals surface area contributed by atoms with Crippen LogP contribution >= 0.6 is 11.6 Å². The van der Waals surface area contributed by atoms with Crippen LogP contribution < -0.4 is 5.32 Å². The van der Waals surface area contributed by atoms with Crippen molar-refractivity contribution >= 4 is 17.5 Å². The Labute approximate surface area is 124 Å². The van der Waals surface area contributed by atoms with Crippen molar-refractivity contribution in [3.05, 3.63) is 63.9 Å². The van der Waals surface area contributed by atoms with Gasteiger partial charge in [-0.05, 0) is 30.5 Å². The van der Waals surface area contributed by atoms with Crippen molar-refractivity contribution in [2.75, 3.05) is 0 Å². The van der Waals surface area contributed by atoms with Crippen molar-refractivity contribution in [3.8, 4) is 0 Å². The second-order valence-electron chi connectivity index (χ2n) is 4.66. The van der Waals surface area contributed by atoms with E-state index in [-0.39, 0.29) is 5.91 Å². The van der Waals surface area contributed by atoms with Crippen molar-refractivity contribution in [1.29, 1.82) is 0 Å². The van der Waals surface area contributed by atoms with Gasteiger partial charge in [-0.2, -0.15) is 0 Å². The van der Waals surface area contributed by atoms with E-state index in [0.29, 0.717) is 17.1 Å². The largest absolute Gasteiger partial charge is 0.348 e. The number of hydrogen-bond acceptors (Lipinski definition) is 2. The number of carbonyl (C=O) groups excluding carboxylic acids is 1. The third-order valence-electron chi connectivity index (χ3n) is 3.12. The van der Waals surface area contributed by atoms with Gasteiger partial charge in [0, 0.05) is 18.4 Å². The maximum absolute atomic E-state index is 12.0. The Morgan fingerprint density at radius 2 is 1.90 bits per heavy atom. The Kier molecular flexibility index (Phi) is 4.74. The van der Waals surface area contributed by atoms with Crippen molar-refractivity contribution in [3.63, 3.8) is 0 Å². The molecule has 2 rings (SSSR count). The van der Waals surface area contributed by atoms with E-state index in [0.717, 1.165) is 17.7 Å². The van der Waals surface area contributed by atoms with E-state index in [9.17, 15) is 4.79 Å². The van der Waals surface area contributed by atoms with E-state index in [4.69, 9.17) is 11.6 Å². The third kappa shape index (κ3) is 3.58. The molecule has 4 heteroatoms. The molecule has 1 aromatic carbocycles. The highest BCUT2D eigenvalue weighted by atomic mass is 35.5. The molecule has 0 unspecified atom stereocenters. The topological polar surface area (TPSA) is 42.0 Å². The molecule has 1 amide bonds. The lowest BCUT2D eigenvalue weighted by Gasteiger charge is -2.07. The highest BCUT2D eigenvalue weighted by Gasteiger charge is 2.10. The molecular formula is C16H17ClN2O. The average molecular weight is 289 g/mol. The number of aryl methyl sites for hydroxylation is 2. The minimum atomic E-state index is -0.206. The molecule has 0 fully saturated rings. The number of benzene rings is 1. The Bertz CT molecular complexity index is 608. The quantitative estimate of drug-likeness (QED) is 0.935. The number of aromatic nitrogens is 1. The van der Waals surface area contributed by atoms with E-state index in [1.54, 1.807) is 6.07 Å². The molecule has 0 saturated heterocycles. The van der Waals surface area contributed by atoms with Crippen LogP contribution in [0.2, 0.25) is 5.02 Å². The molecule has 0 spiro atoms. The summed E-state index contributed by atoms with van der Waals surface area (Å²) in [5, 5.41) is 3.28. The zero-order valence-corrected chi connectivity index (χ0v) is 12.4. The lowest BCUT2D eigenvalue weighted by molar-refractivity contribution is 0.0950. The zero-order valence-electron chi connectivity index (χ0n) is 11.6. The number of halogens is 1. The molecule has 0 aliphatic heterocycles. The first-order valence-electron chi connectivity index (χ1n) is 6.58. The van der Waals surface area contributed by atoms with E-state index >= 15 is 0 Å². The molecule has 0 aliphatic carbocycles. The average Bonchev–Trinajstić information content (AvgIpc) is 2.45. The van der Waals surface area contributed by atoms with E-state index in [2.05, 4.69) is 29.4 Å². The first kappa shape index (κ1) is 14.5. The van der Waals surface area contributed by atoms with Crippen LogP contribution in [0.15, 0.2) is 36.5 Å². The summed E-state index contributed by atoms with van der Waals surface area (Å²) >= 11 is 6.04. The summed E-state index contributed by atoms with van der Waals surface area (Å²) in [5.74, 6) is -0.206. The molecule has 0 bridgehead atoms. The Morgan fingerprint density at radius 1 is 1.25 bits per heavy atom. The summed E-state index contributed by atoms with van der Waals surface area (Å²) < 4.78 is 0. The Hall–Kier alpha value is -1.87. The Balaban J connectivity index is 2.00. The van der Waals surface area contributed by atoms with Gasteiger partial charge in [-0.1, -0.05) is 42.8 Å². The fraction of sp³-hybridized carbons (Fsp3) is 0.250. The molecule has 20 heavy (non-hydrogen) atoms. The SMILES string of the molecule is CCc1ccc(CNC(=O)c2cnc(C)cc2Cl)cc1. The summed E-state index contributed by atoms with van der Waals surface area (Å²) in [4.78, 5) is 16.1. The molecule has 104 valence electrons. The molecule has 1 N–H and O–H groups in total. The van der Waals surface area contributed by atoms with Crippen LogP contribution in [0.1, 0.15) is 34.1 Å². The van der Waals surface area contributed by atoms with Gasteiger partial charge in [0.25, 0.3) is 5.91 Å². The van der Waals surface area contributed by atoms with Gasteiger partial charge in [-0.15, -0.1) is 0 Å². The minimum Gasteiger partial charge on any atom is -0.348 e. The normalized spacial score (nSPS) is 10.3. The number of rotatable bonds is 4. The molecular weight excluding hydrogens is 272 g/mol. The highest BCUT2D eigenvalue weighted by molar-refractivity contribution is 6.33. The van der Waals surface area contributed by atoms with Crippen molar-refractivity contribution < 1.29 is 4.79 Å². The number of nitrogens with zero attached hydrogens (tertiary/aromatic N) is 1. The van der Waals surface area contributed by atoms with Crippen LogP contribution in [0.25, 0.3) is 0 Å². The maximum Gasteiger partial charge on any atom is 0.254 e. The first-order valence-corrected chi connectivity index (χ1v) is 6.96. The second-order valence-corrected chi connectivity index (χ2v) is 5.07. The van der Waals surface area contributed by atoms with Crippen molar-refractivity contribution in [1.82, 2.24) is 10.3 Å². The van der Waals surface area contributed by atoms with Crippen LogP contribution in [0.5, 0.6) is 0 Å². The lowest BCUT2D eigenvalue weighted by atomic mass is 10.1. The summed E-state index contributed by atoms with van der Waals surface area (Å²) in [5.41, 5.74) is 3.54. The van der Waals surface area contributed by atoms with Gasteiger partial charge in [0.1, 0.15) is 0 Å². The predicted molar refractivity (Wildman–Crippen MR) is 81.0 cm³/mol. The molecule has 0 saturated carbocycles. The molecule has 2 aromatic rings. The summed E-state index contributed by atoms with van der Waals surface area (Å²) in [6, 6.07) is 9.87. The Morgan fingerprint density at radius 3 is 2.50 bits per heavy atom. The number of amides is 1. The predicted octanol–water partition coefficient (Wildman–Crippen LogP) is 3.54. The number of hydrogen-bond donors (Lipinski definition) is 1. The van der Waals surface area contributed by atoms with E-state index < -0.39 is 0 Å². The highest BCUT2D eigenvalue weighted by Crippen LogP contribution is 2.15. The summed E-state index contributed by atoms with van der Waals surface area (Å²) in [6.45, 7) is 4.43. The van der Waals surface area contributed by atoms with Crippen LogP contribution in [0.3, 0.4) is 0 Å². The van der Waals surface area contributed by atoms with E-state index in [1.807, 2.05) is 19.1 Å². The number of nitrogens with one attached hydrogen (secondary N) is 1. The lowest BCUT2D eigenvalue weighted by Crippen LogP contribution is -2.23. The van der Waals surface area contributed by atoms with Crippen LogP contribution in [-0.4, -0.2) is 10.9 Å². The maximum atomic E-state index is 12.0. The molecule has 0 radical (unpaired) electrons. The van der Waals surface area contributed by atoms with Gasteiger partial charge in [-0.3, -0.25) is 9.78 Å². The van der Waals surface area contributed by atoms with Gasteiger partial charge < -0.3 is 5.32 Å². The fourth-order valence-electron chi connectivity index (χ4n) is 1.86. The molecule has 1 aromatic heterocycles. The van der Waals surface area contributed by atoms with Gasteiger partial charge in [0.15, 0.2) is 0 Å². The molecule has 3 nitrogen and oxygen atoms in total.